The van der Waals surface area contributed by atoms with E-state index in [2.05, 4.69) is 6.92 Å². The molecule has 1 rings (SSSR count). The van der Waals surface area contributed by atoms with E-state index in [9.17, 15) is 0 Å². The number of nitrogens with two attached hydrogens (primary N) is 1. The van der Waals surface area contributed by atoms with Gasteiger partial charge in [0.05, 0.1) is 5.60 Å². The second-order valence-electron chi connectivity index (χ2n) is 3.51. The number of hydrogen-bond donors (Lipinski definition) is 1. The summed E-state index contributed by atoms with van der Waals surface area (Å²) in [6.07, 6.45) is 4.56. The maximum absolute atomic E-state index is 5.81. The monoisotopic (exact) mass is 143 g/mol. The zero-order chi connectivity index (χ0) is 7.61. The highest BCUT2D eigenvalue weighted by molar-refractivity contribution is 4.85. The van der Waals surface area contributed by atoms with E-state index in [1.807, 2.05) is 0 Å². The first-order valence-electron chi connectivity index (χ1n) is 3.97. The molecular weight excluding hydrogens is 126 g/mol. The fourth-order valence-electron chi connectivity index (χ4n) is 1.68. The lowest BCUT2D eigenvalue weighted by atomic mass is 9.83. The molecule has 1 aliphatic rings. The van der Waals surface area contributed by atoms with Gasteiger partial charge in [0.2, 0.25) is 0 Å². The molecule has 0 bridgehead atoms. The standard InChI is InChI=1S/C8H17NO/c1-8(10-2)5-3-4-7(9)6-8/h7H,3-6,9H2,1-2H3/t7-,8+/m0/s1. The van der Waals surface area contributed by atoms with Crippen molar-refractivity contribution < 1.29 is 4.74 Å². The minimum atomic E-state index is 0.0671. The normalized spacial score (nSPS) is 41.7. The lowest BCUT2D eigenvalue weighted by Crippen LogP contribution is -2.40. The zero-order valence-electron chi connectivity index (χ0n) is 6.89. The molecule has 0 unspecified atom stereocenters. The first-order valence-corrected chi connectivity index (χ1v) is 3.97. The fraction of sp³-hybridized carbons (Fsp3) is 1.00. The lowest BCUT2D eigenvalue weighted by Gasteiger charge is -2.35. The zero-order valence-corrected chi connectivity index (χ0v) is 6.89. The van der Waals surface area contributed by atoms with Gasteiger partial charge in [-0.1, -0.05) is 0 Å². The molecule has 0 aliphatic heterocycles. The van der Waals surface area contributed by atoms with Gasteiger partial charge in [-0.15, -0.1) is 0 Å². The molecule has 0 aromatic heterocycles. The van der Waals surface area contributed by atoms with Crippen molar-refractivity contribution in [3.63, 3.8) is 0 Å². The summed E-state index contributed by atoms with van der Waals surface area (Å²) in [5.41, 5.74) is 5.87. The minimum absolute atomic E-state index is 0.0671. The predicted molar refractivity (Wildman–Crippen MR) is 41.9 cm³/mol. The van der Waals surface area contributed by atoms with Gasteiger partial charge >= 0.3 is 0 Å². The van der Waals surface area contributed by atoms with E-state index in [-0.39, 0.29) is 5.60 Å². The van der Waals surface area contributed by atoms with Gasteiger partial charge in [0, 0.05) is 13.2 Å². The van der Waals surface area contributed by atoms with Gasteiger partial charge < -0.3 is 10.5 Å². The molecule has 0 aromatic rings. The Balaban J connectivity index is 2.45. The quantitative estimate of drug-likeness (QED) is 0.600. The molecular formula is C8H17NO. The van der Waals surface area contributed by atoms with Crippen LogP contribution in [0.15, 0.2) is 0 Å². The summed E-state index contributed by atoms with van der Waals surface area (Å²) in [5.74, 6) is 0. The Morgan fingerprint density at radius 1 is 1.60 bits per heavy atom. The number of rotatable bonds is 1. The average molecular weight is 143 g/mol. The van der Waals surface area contributed by atoms with Crippen LogP contribution in [0.5, 0.6) is 0 Å². The van der Waals surface area contributed by atoms with Crippen LogP contribution in [0.4, 0.5) is 0 Å². The van der Waals surface area contributed by atoms with E-state index in [1.165, 1.54) is 12.8 Å². The summed E-state index contributed by atoms with van der Waals surface area (Å²) in [5, 5.41) is 0. The third-order valence-electron chi connectivity index (χ3n) is 2.47. The van der Waals surface area contributed by atoms with E-state index < -0.39 is 0 Å². The molecule has 60 valence electrons. The molecule has 0 radical (unpaired) electrons. The Labute approximate surface area is 62.7 Å². The van der Waals surface area contributed by atoms with Crippen molar-refractivity contribution in [1.29, 1.82) is 0 Å². The summed E-state index contributed by atoms with van der Waals surface area (Å²) < 4.78 is 5.37. The summed E-state index contributed by atoms with van der Waals surface area (Å²) >= 11 is 0. The van der Waals surface area contributed by atoms with Crippen LogP contribution >= 0.6 is 0 Å². The van der Waals surface area contributed by atoms with Crippen LogP contribution in [0.3, 0.4) is 0 Å². The van der Waals surface area contributed by atoms with Crippen molar-refractivity contribution in [3.8, 4) is 0 Å². The molecule has 2 atom stereocenters. The van der Waals surface area contributed by atoms with Crippen LogP contribution in [0.25, 0.3) is 0 Å². The molecule has 2 heteroatoms. The Hall–Kier alpha value is -0.0800. The molecule has 2 N–H and O–H groups in total. The molecule has 0 amide bonds. The van der Waals surface area contributed by atoms with Crippen LogP contribution in [0.1, 0.15) is 32.6 Å². The van der Waals surface area contributed by atoms with E-state index in [4.69, 9.17) is 10.5 Å². The molecule has 1 fully saturated rings. The van der Waals surface area contributed by atoms with Gasteiger partial charge in [0.25, 0.3) is 0 Å². The second kappa shape index (κ2) is 2.89. The highest BCUT2D eigenvalue weighted by atomic mass is 16.5. The van der Waals surface area contributed by atoms with Gasteiger partial charge in [0.15, 0.2) is 0 Å². The Bertz CT molecular complexity index is 116. The van der Waals surface area contributed by atoms with Crippen LogP contribution in [-0.4, -0.2) is 18.8 Å². The molecule has 0 heterocycles. The Morgan fingerprint density at radius 2 is 2.30 bits per heavy atom. The first-order chi connectivity index (χ1) is 4.66. The largest absolute Gasteiger partial charge is 0.378 e. The van der Waals surface area contributed by atoms with E-state index in [0.717, 1.165) is 12.8 Å². The summed E-state index contributed by atoms with van der Waals surface area (Å²) in [4.78, 5) is 0. The molecule has 1 saturated carbocycles. The van der Waals surface area contributed by atoms with Crippen molar-refractivity contribution in [2.75, 3.05) is 7.11 Å². The molecule has 2 nitrogen and oxygen atoms in total. The molecule has 0 aromatic carbocycles. The van der Waals surface area contributed by atoms with Gasteiger partial charge in [-0.25, -0.2) is 0 Å². The summed E-state index contributed by atoms with van der Waals surface area (Å²) in [6.45, 7) is 2.14. The van der Waals surface area contributed by atoms with Crippen molar-refractivity contribution in [2.45, 2.75) is 44.2 Å². The van der Waals surface area contributed by atoms with E-state index in [1.54, 1.807) is 7.11 Å². The number of methoxy groups -OCH3 is 1. The second-order valence-corrected chi connectivity index (χ2v) is 3.51. The van der Waals surface area contributed by atoms with E-state index >= 15 is 0 Å². The fourth-order valence-corrected chi connectivity index (χ4v) is 1.68. The molecule has 10 heavy (non-hydrogen) atoms. The van der Waals surface area contributed by atoms with Crippen molar-refractivity contribution in [1.82, 2.24) is 0 Å². The molecule has 1 aliphatic carbocycles. The summed E-state index contributed by atoms with van der Waals surface area (Å²) in [7, 11) is 1.78. The maximum atomic E-state index is 5.81. The highest BCUT2D eigenvalue weighted by Crippen LogP contribution is 2.29. The van der Waals surface area contributed by atoms with Gasteiger partial charge in [-0.05, 0) is 32.6 Å². The van der Waals surface area contributed by atoms with Crippen molar-refractivity contribution >= 4 is 0 Å². The van der Waals surface area contributed by atoms with Crippen LogP contribution < -0.4 is 5.73 Å². The molecule has 0 spiro atoms. The van der Waals surface area contributed by atoms with Gasteiger partial charge in [-0.2, -0.15) is 0 Å². The third-order valence-corrected chi connectivity index (χ3v) is 2.47. The Morgan fingerprint density at radius 3 is 2.70 bits per heavy atom. The lowest BCUT2D eigenvalue weighted by molar-refractivity contribution is -0.0283. The Kier molecular flexibility index (Phi) is 2.32. The topological polar surface area (TPSA) is 35.2 Å². The summed E-state index contributed by atoms with van der Waals surface area (Å²) in [6, 6.07) is 0.360. The van der Waals surface area contributed by atoms with Crippen molar-refractivity contribution in [2.24, 2.45) is 5.73 Å². The smallest absolute Gasteiger partial charge is 0.0665 e. The first kappa shape index (κ1) is 8.02. The van der Waals surface area contributed by atoms with Crippen LogP contribution in [0, 0.1) is 0 Å². The van der Waals surface area contributed by atoms with Gasteiger partial charge in [0.1, 0.15) is 0 Å². The number of ether oxygens (including phenoxy) is 1. The average Bonchev–Trinajstić information content (AvgIpc) is 1.88. The highest BCUT2D eigenvalue weighted by Gasteiger charge is 2.29. The SMILES string of the molecule is CO[C@]1(C)CCC[C@H](N)C1. The van der Waals surface area contributed by atoms with Crippen molar-refractivity contribution in [3.05, 3.63) is 0 Å². The van der Waals surface area contributed by atoms with E-state index in [0.29, 0.717) is 6.04 Å². The van der Waals surface area contributed by atoms with Gasteiger partial charge in [-0.3, -0.25) is 0 Å². The van der Waals surface area contributed by atoms with Crippen LogP contribution in [0.2, 0.25) is 0 Å². The van der Waals surface area contributed by atoms with Crippen LogP contribution in [-0.2, 0) is 4.74 Å². The minimum Gasteiger partial charge on any atom is -0.378 e. The number of hydrogen-bond acceptors (Lipinski definition) is 2. The molecule has 0 saturated heterocycles. The maximum Gasteiger partial charge on any atom is 0.0665 e. The third kappa shape index (κ3) is 1.70. The predicted octanol–water partition coefficient (Wildman–Crippen LogP) is 1.29.